The van der Waals surface area contributed by atoms with Crippen molar-refractivity contribution in [1.82, 2.24) is 25.8 Å². The number of rotatable bonds is 12. The molecule has 0 radical (unpaired) electrons. The van der Waals surface area contributed by atoms with E-state index in [2.05, 4.69) is 48.5 Å². The van der Waals surface area contributed by atoms with Gasteiger partial charge >= 0.3 is 6.03 Å². The molecule has 4 atom stereocenters. The van der Waals surface area contributed by atoms with Gasteiger partial charge in [0.1, 0.15) is 12.1 Å². The van der Waals surface area contributed by atoms with Crippen LogP contribution in [0.25, 0.3) is 0 Å². The van der Waals surface area contributed by atoms with E-state index in [4.69, 9.17) is 0 Å². The third kappa shape index (κ3) is 8.27. The molecule has 3 rings (SSSR count). The number of amides is 5. The van der Waals surface area contributed by atoms with Crippen LogP contribution >= 0.6 is 0 Å². The van der Waals surface area contributed by atoms with Gasteiger partial charge in [0, 0.05) is 25.7 Å². The number of urea groups is 1. The lowest BCUT2D eigenvalue weighted by Gasteiger charge is -2.36. The molecular weight excluding hydrogens is 558 g/mol. The summed E-state index contributed by atoms with van der Waals surface area (Å²) in [6.07, 6.45) is 4.04. The number of hydrogen-bond donors (Lipinski definition) is 3. The highest BCUT2D eigenvalue weighted by atomic mass is 16.2. The number of ketones is 1. The van der Waals surface area contributed by atoms with Gasteiger partial charge in [0.25, 0.3) is 5.91 Å². The molecule has 5 amide bonds. The highest BCUT2D eigenvalue weighted by Gasteiger charge is 2.46. The number of likely N-dealkylation sites (tertiary alicyclic amines) is 1. The second-order valence-electron chi connectivity index (χ2n) is 13.6. The fraction of sp³-hybridized carbons (Fsp3) is 0.618. The molecule has 1 aliphatic carbocycles. The number of nitrogens with zero attached hydrogens (tertiary/aromatic N) is 2. The van der Waals surface area contributed by atoms with Crippen molar-refractivity contribution in [3.05, 3.63) is 48.0 Å². The number of benzene rings is 1. The van der Waals surface area contributed by atoms with Crippen LogP contribution in [-0.4, -0.2) is 83.1 Å². The maximum Gasteiger partial charge on any atom is 0.318 e. The van der Waals surface area contributed by atoms with Crippen LogP contribution in [0.5, 0.6) is 0 Å². The SMILES string of the molecule is C=CCNC(=O)C(=O)C(CCC)NC(=O)[C@@H]1CC(C(C)C)CN1C(=O)[C@@H](NC(=O)N(C)C(C)(C)C)C1Cc2ccccc2C1. The summed E-state index contributed by atoms with van der Waals surface area (Å²) in [6, 6.07) is 5.01. The predicted octanol–water partition coefficient (Wildman–Crippen LogP) is 3.24. The van der Waals surface area contributed by atoms with Crippen molar-refractivity contribution in [3.63, 3.8) is 0 Å². The number of carbonyl (C=O) groups is 5. The van der Waals surface area contributed by atoms with Crippen molar-refractivity contribution >= 4 is 29.5 Å². The molecule has 2 unspecified atom stereocenters. The van der Waals surface area contributed by atoms with Gasteiger partial charge < -0.3 is 25.8 Å². The Morgan fingerprint density at radius 1 is 1.05 bits per heavy atom. The van der Waals surface area contributed by atoms with Gasteiger partial charge in [-0.1, -0.05) is 57.5 Å². The molecule has 0 bridgehead atoms. The molecule has 242 valence electrons. The molecular formula is C34H51N5O5. The van der Waals surface area contributed by atoms with Gasteiger partial charge in [-0.05, 0) is 75.3 Å². The molecule has 0 aromatic heterocycles. The molecule has 2 aliphatic rings. The van der Waals surface area contributed by atoms with Crippen LogP contribution < -0.4 is 16.0 Å². The number of fused-ring (bicyclic) bond motifs is 1. The van der Waals surface area contributed by atoms with Crippen molar-refractivity contribution in [2.24, 2.45) is 17.8 Å². The summed E-state index contributed by atoms with van der Waals surface area (Å²) in [5.74, 6) is -2.19. The Hall–Kier alpha value is -3.69. The molecule has 0 saturated carbocycles. The second kappa shape index (κ2) is 14.9. The number of carbonyl (C=O) groups excluding carboxylic acids is 5. The molecule has 1 aromatic rings. The van der Waals surface area contributed by atoms with E-state index in [9.17, 15) is 24.0 Å². The van der Waals surface area contributed by atoms with Gasteiger partial charge in [0.15, 0.2) is 0 Å². The van der Waals surface area contributed by atoms with E-state index >= 15 is 0 Å². The van der Waals surface area contributed by atoms with E-state index in [1.54, 1.807) is 16.8 Å². The van der Waals surface area contributed by atoms with Gasteiger partial charge in [-0.3, -0.25) is 19.2 Å². The van der Waals surface area contributed by atoms with Crippen molar-refractivity contribution < 1.29 is 24.0 Å². The third-order valence-electron chi connectivity index (χ3n) is 9.11. The van der Waals surface area contributed by atoms with E-state index in [1.165, 1.54) is 6.08 Å². The average Bonchev–Trinajstić information content (AvgIpc) is 3.62. The third-order valence-corrected chi connectivity index (χ3v) is 9.11. The van der Waals surface area contributed by atoms with Gasteiger partial charge in [-0.15, -0.1) is 6.58 Å². The Kier molecular flexibility index (Phi) is 11.8. The monoisotopic (exact) mass is 609 g/mol. The smallest absolute Gasteiger partial charge is 0.318 e. The number of Topliss-reactive ketones (excluding diaryl/α,β-unsaturated/α-hetero) is 1. The molecule has 10 heteroatoms. The first-order valence-corrected chi connectivity index (χ1v) is 15.8. The first-order valence-electron chi connectivity index (χ1n) is 15.8. The van der Waals surface area contributed by atoms with E-state index in [-0.39, 0.29) is 36.2 Å². The van der Waals surface area contributed by atoms with Crippen molar-refractivity contribution in [2.45, 2.75) is 97.3 Å². The summed E-state index contributed by atoms with van der Waals surface area (Å²) in [5.41, 5.74) is 1.84. The molecule has 1 heterocycles. The lowest BCUT2D eigenvalue weighted by Crippen LogP contribution is -2.60. The van der Waals surface area contributed by atoms with Crippen LogP contribution in [0.2, 0.25) is 0 Å². The zero-order chi connectivity index (χ0) is 32.8. The highest BCUT2D eigenvalue weighted by molar-refractivity contribution is 6.38. The Labute approximate surface area is 262 Å². The standard InChI is InChI=1S/C34H51N5O5/c1-9-13-26(29(40)31(42)35-16-10-2)36-30(41)27-19-25(21(3)4)20-39(27)32(43)28(37-33(44)38(8)34(5,6)7)24-17-22-14-11-12-15-23(22)18-24/h10-12,14-15,21,24-28H,2,9,13,16-20H2,1,3-8H3,(H,35,42)(H,36,41)(H,37,44)/t25?,26?,27-,28-/m0/s1. The predicted molar refractivity (Wildman–Crippen MR) is 171 cm³/mol. The van der Waals surface area contributed by atoms with E-state index in [0.29, 0.717) is 38.6 Å². The minimum Gasteiger partial charge on any atom is -0.346 e. The van der Waals surface area contributed by atoms with E-state index in [0.717, 1.165) is 11.1 Å². The molecule has 10 nitrogen and oxygen atoms in total. The number of nitrogens with one attached hydrogen (secondary N) is 3. The molecule has 44 heavy (non-hydrogen) atoms. The molecule has 1 aromatic carbocycles. The summed E-state index contributed by atoms with van der Waals surface area (Å²) >= 11 is 0. The first kappa shape index (κ1) is 34.8. The maximum absolute atomic E-state index is 14.5. The lowest BCUT2D eigenvalue weighted by molar-refractivity contribution is -0.143. The fourth-order valence-electron chi connectivity index (χ4n) is 6.00. The second-order valence-corrected chi connectivity index (χ2v) is 13.6. The topological polar surface area (TPSA) is 128 Å². The largest absolute Gasteiger partial charge is 0.346 e. The van der Waals surface area contributed by atoms with Crippen LogP contribution in [0.1, 0.15) is 71.9 Å². The quantitative estimate of drug-likeness (QED) is 0.248. The van der Waals surface area contributed by atoms with Crippen LogP contribution in [0.4, 0.5) is 4.79 Å². The summed E-state index contributed by atoms with van der Waals surface area (Å²) < 4.78 is 0. The van der Waals surface area contributed by atoms with Crippen molar-refractivity contribution in [3.8, 4) is 0 Å². The molecule has 1 saturated heterocycles. The lowest BCUT2D eigenvalue weighted by atomic mass is 9.93. The molecule has 3 N–H and O–H groups in total. The summed E-state index contributed by atoms with van der Waals surface area (Å²) in [7, 11) is 1.71. The van der Waals surface area contributed by atoms with Crippen LogP contribution in [0.3, 0.4) is 0 Å². The first-order chi connectivity index (χ1) is 20.7. The Balaban J connectivity index is 1.91. The zero-order valence-corrected chi connectivity index (χ0v) is 27.4. The molecule has 1 fully saturated rings. The van der Waals surface area contributed by atoms with Gasteiger partial charge in [-0.25, -0.2) is 4.79 Å². The minimum absolute atomic E-state index is 0.0558. The average molecular weight is 610 g/mol. The molecule has 1 aliphatic heterocycles. The normalized spacial score (nSPS) is 19.6. The van der Waals surface area contributed by atoms with Crippen LogP contribution in [0.15, 0.2) is 36.9 Å². The van der Waals surface area contributed by atoms with Crippen molar-refractivity contribution in [1.29, 1.82) is 0 Å². The summed E-state index contributed by atoms with van der Waals surface area (Å²) in [5, 5.41) is 8.33. The molecule has 0 spiro atoms. The Bertz CT molecular complexity index is 1210. The number of hydrogen-bond acceptors (Lipinski definition) is 5. The minimum atomic E-state index is -1.01. The Morgan fingerprint density at radius 2 is 1.66 bits per heavy atom. The maximum atomic E-state index is 14.5. The van der Waals surface area contributed by atoms with Crippen LogP contribution in [0, 0.1) is 17.8 Å². The van der Waals surface area contributed by atoms with Crippen LogP contribution in [-0.2, 0) is 32.0 Å². The van der Waals surface area contributed by atoms with E-state index in [1.807, 2.05) is 39.8 Å². The Morgan fingerprint density at radius 3 is 2.18 bits per heavy atom. The highest BCUT2D eigenvalue weighted by Crippen LogP contribution is 2.34. The summed E-state index contributed by atoms with van der Waals surface area (Å²) in [4.78, 5) is 70.3. The van der Waals surface area contributed by atoms with Gasteiger partial charge in [0.2, 0.25) is 17.6 Å². The van der Waals surface area contributed by atoms with Gasteiger partial charge in [-0.2, -0.15) is 0 Å². The van der Waals surface area contributed by atoms with Gasteiger partial charge in [0.05, 0.1) is 6.04 Å². The zero-order valence-electron chi connectivity index (χ0n) is 27.4. The fourth-order valence-corrected chi connectivity index (χ4v) is 6.00. The van der Waals surface area contributed by atoms with Crippen molar-refractivity contribution in [2.75, 3.05) is 20.1 Å². The van der Waals surface area contributed by atoms with E-state index < -0.39 is 41.3 Å². The summed E-state index contributed by atoms with van der Waals surface area (Å²) in [6.45, 7) is 15.8.